The molecule has 0 aromatic heterocycles. The van der Waals surface area contributed by atoms with Crippen molar-refractivity contribution in [3.05, 3.63) is 35.4 Å². The van der Waals surface area contributed by atoms with Crippen molar-refractivity contribution in [3.63, 3.8) is 0 Å². The molecule has 0 fully saturated rings. The van der Waals surface area contributed by atoms with Crippen LogP contribution in [-0.4, -0.2) is 6.54 Å². The minimum atomic E-state index is -0.478. The summed E-state index contributed by atoms with van der Waals surface area (Å²) in [5.74, 6) is -0.930. The van der Waals surface area contributed by atoms with E-state index in [0.717, 1.165) is 18.2 Å². The van der Waals surface area contributed by atoms with E-state index in [2.05, 4.69) is 0 Å². The molecule has 0 spiro atoms. The van der Waals surface area contributed by atoms with E-state index in [-0.39, 0.29) is 18.0 Å². The van der Waals surface area contributed by atoms with Crippen LogP contribution in [0.1, 0.15) is 24.4 Å². The monoisotopic (exact) mass is 236 g/mol. The second-order valence-corrected chi connectivity index (χ2v) is 3.20. The molecular formula is C10H15ClF2N2. The van der Waals surface area contributed by atoms with Gasteiger partial charge in [-0.2, -0.15) is 0 Å². The fourth-order valence-electron chi connectivity index (χ4n) is 1.29. The third-order valence-corrected chi connectivity index (χ3v) is 2.08. The van der Waals surface area contributed by atoms with Gasteiger partial charge in [-0.1, -0.05) is 0 Å². The van der Waals surface area contributed by atoms with Crippen LogP contribution >= 0.6 is 12.4 Å². The van der Waals surface area contributed by atoms with Gasteiger partial charge in [0.05, 0.1) is 0 Å². The standard InChI is InChI=1S/C10H14F2N2.ClH/c11-7-3-4-9(12)8(6-7)10(14)2-1-5-13;/h3-4,6,10H,1-2,5,13-14H2;1H/t10-;/m1./s1. The summed E-state index contributed by atoms with van der Waals surface area (Å²) in [5, 5.41) is 0. The van der Waals surface area contributed by atoms with Crippen molar-refractivity contribution < 1.29 is 8.78 Å². The minimum absolute atomic E-state index is 0. The zero-order valence-corrected chi connectivity index (χ0v) is 9.07. The predicted octanol–water partition coefficient (Wildman–Crippen LogP) is 2.13. The molecule has 0 unspecified atom stereocenters. The highest BCUT2D eigenvalue weighted by molar-refractivity contribution is 5.85. The maximum Gasteiger partial charge on any atom is 0.128 e. The summed E-state index contributed by atoms with van der Waals surface area (Å²) in [6, 6.07) is 2.83. The van der Waals surface area contributed by atoms with Gasteiger partial charge in [-0.25, -0.2) is 8.78 Å². The first-order valence-corrected chi connectivity index (χ1v) is 4.55. The molecule has 0 saturated carbocycles. The second kappa shape index (κ2) is 6.71. The molecule has 1 rings (SSSR count). The summed E-state index contributed by atoms with van der Waals surface area (Å²) in [6.45, 7) is 0.505. The summed E-state index contributed by atoms with van der Waals surface area (Å²) >= 11 is 0. The highest BCUT2D eigenvalue weighted by Gasteiger charge is 2.11. The Morgan fingerprint density at radius 1 is 1.27 bits per heavy atom. The number of benzene rings is 1. The van der Waals surface area contributed by atoms with Crippen LogP contribution in [0.15, 0.2) is 18.2 Å². The number of hydrogen-bond donors (Lipinski definition) is 2. The minimum Gasteiger partial charge on any atom is -0.330 e. The van der Waals surface area contributed by atoms with Crippen LogP contribution in [0.25, 0.3) is 0 Å². The van der Waals surface area contributed by atoms with Crippen molar-refractivity contribution in [2.75, 3.05) is 6.54 Å². The van der Waals surface area contributed by atoms with Crippen molar-refractivity contribution in [1.29, 1.82) is 0 Å². The van der Waals surface area contributed by atoms with E-state index in [1.807, 2.05) is 0 Å². The Morgan fingerprint density at radius 3 is 2.53 bits per heavy atom. The zero-order chi connectivity index (χ0) is 10.6. The maximum absolute atomic E-state index is 13.2. The number of hydrogen-bond acceptors (Lipinski definition) is 2. The van der Waals surface area contributed by atoms with Crippen LogP contribution in [0.3, 0.4) is 0 Å². The van der Waals surface area contributed by atoms with Crippen molar-refractivity contribution >= 4 is 12.4 Å². The van der Waals surface area contributed by atoms with E-state index >= 15 is 0 Å². The molecule has 1 aromatic rings. The third kappa shape index (κ3) is 4.11. The topological polar surface area (TPSA) is 52.0 Å². The highest BCUT2D eigenvalue weighted by atomic mass is 35.5. The average Bonchev–Trinajstić information content (AvgIpc) is 2.18. The van der Waals surface area contributed by atoms with Crippen LogP contribution in [-0.2, 0) is 0 Å². The SMILES string of the molecule is Cl.NCCC[C@@H](N)c1cc(F)ccc1F. The van der Waals surface area contributed by atoms with E-state index in [1.165, 1.54) is 0 Å². The first-order valence-electron chi connectivity index (χ1n) is 4.55. The van der Waals surface area contributed by atoms with Crippen LogP contribution in [0, 0.1) is 11.6 Å². The molecule has 0 radical (unpaired) electrons. The van der Waals surface area contributed by atoms with Gasteiger partial charge in [-0.3, -0.25) is 0 Å². The van der Waals surface area contributed by atoms with Gasteiger partial charge in [0.1, 0.15) is 11.6 Å². The van der Waals surface area contributed by atoms with Gasteiger partial charge >= 0.3 is 0 Å². The molecule has 0 saturated heterocycles. The Labute approximate surface area is 94.1 Å². The Kier molecular flexibility index (Phi) is 6.40. The average molecular weight is 237 g/mol. The van der Waals surface area contributed by atoms with Crippen LogP contribution in [0.4, 0.5) is 8.78 Å². The van der Waals surface area contributed by atoms with Gasteiger partial charge < -0.3 is 11.5 Å². The summed E-state index contributed by atoms with van der Waals surface area (Å²) in [6.07, 6.45) is 1.27. The Balaban J connectivity index is 0.00000196. The van der Waals surface area contributed by atoms with Gasteiger partial charge in [-0.15, -0.1) is 12.4 Å². The van der Waals surface area contributed by atoms with Gasteiger partial charge in [-0.05, 0) is 37.6 Å². The van der Waals surface area contributed by atoms with Crippen molar-refractivity contribution in [2.45, 2.75) is 18.9 Å². The lowest BCUT2D eigenvalue weighted by molar-refractivity contribution is 0.540. The van der Waals surface area contributed by atoms with E-state index < -0.39 is 17.7 Å². The quantitative estimate of drug-likeness (QED) is 0.842. The smallest absolute Gasteiger partial charge is 0.128 e. The van der Waals surface area contributed by atoms with Crippen LogP contribution < -0.4 is 11.5 Å². The molecule has 0 heterocycles. The molecule has 1 aromatic carbocycles. The Morgan fingerprint density at radius 2 is 1.93 bits per heavy atom. The lowest BCUT2D eigenvalue weighted by Gasteiger charge is -2.12. The Bertz CT molecular complexity index is 307. The summed E-state index contributed by atoms with van der Waals surface area (Å²) in [7, 11) is 0. The molecule has 1 atom stereocenters. The van der Waals surface area contributed by atoms with Gasteiger partial charge in [0.15, 0.2) is 0 Å². The molecule has 4 N–H and O–H groups in total. The van der Waals surface area contributed by atoms with Crippen LogP contribution in [0.5, 0.6) is 0 Å². The Hall–Kier alpha value is -0.710. The molecule has 0 aliphatic rings. The zero-order valence-electron chi connectivity index (χ0n) is 8.25. The molecular weight excluding hydrogens is 222 g/mol. The van der Waals surface area contributed by atoms with Crippen molar-refractivity contribution in [2.24, 2.45) is 11.5 Å². The number of nitrogens with two attached hydrogens (primary N) is 2. The van der Waals surface area contributed by atoms with E-state index in [0.29, 0.717) is 19.4 Å². The summed E-state index contributed by atoms with van der Waals surface area (Å²) < 4.78 is 26.0. The third-order valence-electron chi connectivity index (χ3n) is 2.08. The first kappa shape index (κ1) is 14.3. The largest absolute Gasteiger partial charge is 0.330 e. The van der Waals surface area contributed by atoms with E-state index in [1.54, 1.807) is 0 Å². The van der Waals surface area contributed by atoms with E-state index in [9.17, 15) is 8.78 Å². The van der Waals surface area contributed by atoms with Gasteiger partial charge in [0.25, 0.3) is 0 Å². The fourth-order valence-corrected chi connectivity index (χ4v) is 1.29. The summed E-state index contributed by atoms with van der Waals surface area (Å²) in [5.41, 5.74) is 11.2. The molecule has 0 aliphatic carbocycles. The van der Waals surface area contributed by atoms with Gasteiger partial charge in [0, 0.05) is 11.6 Å². The molecule has 5 heteroatoms. The maximum atomic E-state index is 13.2. The lowest BCUT2D eigenvalue weighted by atomic mass is 10.0. The van der Waals surface area contributed by atoms with Crippen molar-refractivity contribution in [3.8, 4) is 0 Å². The molecule has 0 amide bonds. The number of halogens is 3. The summed E-state index contributed by atoms with van der Waals surface area (Å²) in [4.78, 5) is 0. The normalized spacial score (nSPS) is 12.0. The molecule has 0 bridgehead atoms. The first-order chi connectivity index (χ1) is 6.65. The van der Waals surface area contributed by atoms with Crippen LogP contribution in [0.2, 0.25) is 0 Å². The molecule has 0 aliphatic heterocycles. The molecule has 15 heavy (non-hydrogen) atoms. The van der Waals surface area contributed by atoms with Gasteiger partial charge in [0.2, 0.25) is 0 Å². The second-order valence-electron chi connectivity index (χ2n) is 3.20. The molecule has 86 valence electrons. The fraction of sp³-hybridized carbons (Fsp3) is 0.400. The highest BCUT2D eigenvalue weighted by Crippen LogP contribution is 2.19. The van der Waals surface area contributed by atoms with E-state index in [4.69, 9.17) is 11.5 Å². The lowest BCUT2D eigenvalue weighted by Crippen LogP contribution is -2.14. The predicted molar refractivity (Wildman–Crippen MR) is 58.8 cm³/mol. The van der Waals surface area contributed by atoms with Crippen molar-refractivity contribution in [1.82, 2.24) is 0 Å². The molecule has 2 nitrogen and oxygen atoms in total. The number of rotatable bonds is 4.